The molecule has 0 spiro atoms. The molecule has 1 fully saturated rings. The van der Waals surface area contributed by atoms with Crippen molar-refractivity contribution in [2.75, 3.05) is 0 Å². The molecule has 0 radical (unpaired) electrons. The van der Waals surface area contributed by atoms with Crippen molar-refractivity contribution < 1.29 is 14.3 Å². The summed E-state index contributed by atoms with van der Waals surface area (Å²) < 4.78 is 5.48. The first-order chi connectivity index (χ1) is 8.79. The van der Waals surface area contributed by atoms with Crippen molar-refractivity contribution in [2.24, 2.45) is 0 Å². The van der Waals surface area contributed by atoms with Gasteiger partial charge in [0.15, 0.2) is 0 Å². The predicted octanol–water partition coefficient (Wildman–Crippen LogP) is 2.92. The molecule has 1 aliphatic rings. The molecule has 2 rings (SSSR count). The van der Waals surface area contributed by atoms with E-state index in [0.717, 1.165) is 37.5 Å². The Kier molecular flexibility index (Phi) is 4.51. The van der Waals surface area contributed by atoms with Gasteiger partial charge in [-0.1, -0.05) is 18.6 Å². The van der Waals surface area contributed by atoms with Gasteiger partial charge < -0.3 is 9.53 Å². The number of rotatable bonds is 4. The smallest absolute Gasteiger partial charge is 0.338 e. The minimum Gasteiger partial charge on any atom is -0.459 e. The van der Waals surface area contributed by atoms with Gasteiger partial charge in [0, 0.05) is 6.42 Å². The van der Waals surface area contributed by atoms with E-state index in [1.54, 1.807) is 18.2 Å². The second-order valence-corrected chi connectivity index (χ2v) is 4.74. The quantitative estimate of drug-likeness (QED) is 0.606. The highest BCUT2D eigenvalue weighted by Crippen LogP contribution is 2.21. The third-order valence-electron chi connectivity index (χ3n) is 3.31. The third kappa shape index (κ3) is 3.42. The highest BCUT2D eigenvalue weighted by Gasteiger charge is 2.18. The summed E-state index contributed by atoms with van der Waals surface area (Å²) in [5, 5.41) is 0. The van der Waals surface area contributed by atoms with Gasteiger partial charge in [0.05, 0.1) is 5.56 Å². The Labute approximate surface area is 107 Å². The number of aldehydes is 1. The molecule has 3 heteroatoms. The highest BCUT2D eigenvalue weighted by atomic mass is 16.5. The van der Waals surface area contributed by atoms with E-state index in [1.165, 1.54) is 6.42 Å². The molecule has 0 heterocycles. The zero-order valence-corrected chi connectivity index (χ0v) is 10.4. The Morgan fingerprint density at radius 2 is 2.06 bits per heavy atom. The molecule has 0 aromatic heterocycles. The largest absolute Gasteiger partial charge is 0.459 e. The molecule has 3 nitrogen and oxygen atoms in total. The van der Waals surface area contributed by atoms with Gasteiger partial charge in [-0.05, 0) is 43.4 Å². The topological polar surface area (TPSA) is 43.4 Å². The van der Waals surface area contributed by atoms with Crippen molar-refractivity contribution in [2.45, 2.75) is 44.6 Å². The molecule has 18 heavy (non-hydrogen) atoms. The molecule has 0 amide bonds. The molecule has 96 valence electrons. The maximum atomic E-state index is 12.0. The second kappa shape index (κ2) is 6.34. The highest BCUT2D eigenvalue weighted by molar-refractivity contribution is 5.89. The van der Waals surface area contributed by atoms with Crippen LogP contribution in [-0.2, 0) is 16.0 Å². The zero-order valence-electron chi connectivity index (χ0n) is 10.4. The molecule has 0 bridgehead atoms. The summed E-state index contributed by atoms with van der Waals surface area (Å²) in [4.78, 5) is 22.4. The first-order valence-electron chi connectivity index (χ1n) is 6.53. The standard InChI is InChI=1S/C15H18O3/c16-10-9-12-5-4-6-13(11-12)15(17)18-14-7-2-1-3-8-14/h4-6,10-11,14H,1-3,7-9H2. The molecular formula is C15H18O3. The summed E-state index contributed by atoms with van der Waals surface area (Å²) in [5.74, 6) is -0.269. The fourth-order valence-corrected chi connectivity index (χ4v) is 2.32. The van der Waals surface area contributed by atoms with E-state index in [-0.39, 0.29) is 12.1 Å². The van der Waals surface area contributed by atoms with Crippen LogP contribution in [0.1, 0.15) is 48.0 Å². The maximum Gasteiger partial charge on any atom is 0.338 e. The normalized spacial score (nSPS) is 16.2. The molecule has 0 aliphatic heterocycles. The summed E-state index contributed by atoms with van der Waals surface area (Å²) in [7, 11) is 0. The van der Waals surface area contributed by atoms with Crippen LogP contribution in [0.15, 0.2) is 24.3 Å². The van der Waals surface area contributed by atoms with Gasteiger partial charge in [0.1, 0.15) is 12.4 Å². The van der Waals surface area contributed by atoms with Gasteiger partial charge in [-0.2, -0.15) is 0 Å². The van der Waals surface area contributed by atoms with Crippen LogP contribution < -0.4 is 0 Å². The van der Waals surface area contributed by atoms with Crippen molar-refractivity contribution in [1.29, 1.82) is 0 Å². The molecule has 0 N–H and O–H groups in total. The number of benzene rings is 1. The second-order valence-electron chi connectivity index (χ2n) is 4.74. The number of hydrogen-bond donors (Lipinski definition) is 0. The first-order valence-corrected chi connectivity index (χ1v) is 6.53. The Morgan fingerprint density at radius 3 is 2.78 bits per heavy atom. The summed E-state index contributed by atoms with van der Waals surface area (Å²) >= 11 is 0. The molecule has 1 aromatic rings. The molecule has 0 atom stereocenters. The molecule has 0 saturated heterocycles. The Hall–Kier alpha value is -1.64. The average Bonchev–Trinajstić information content (AvgIpc) is 2.40. The predicted molar refractivity (Wildman–Crippen MR) is 68.5 cm³/mol. The van der Waals surface area contributed by atoms with Gasteiger partial charge in [-0.15, -0.1) is 0 Å². The number of ether oxygens (including phenoxy) is 1. The monoisotopic (exact) mass is 246 g/mol. The Bertz CT molecular complexity index is 420. The van der Waals surface area contributed by atoms with Gasteiger partial charge in [-0.3, -0.25) is 0 Å². The molecule has 1 saturated carbocycles. The van der Waals surface area contributed by atoms with Crippen LogP contribution in [0.5, 0.6) is 0 Å². The number of carbonyl (C=O) groups is 2. The maximum absolute atomic E-state index is 12.0. The van der Waals surface area contributed by atoms with E-state index in [0.29, 0.717) is 12.0 Å². The Morgan fingerprint density at radius 1 is 1.28 bits per heavy atom. The third-order valence-corrected chi connectivity index (χ3v) is 3.31. The molecule has 1 aromatic carbocycles. The molecule has 0 unspecified atom stereocenters. The lowest BCUT2D eigenvalue weighted by Crippen LogP contribution is -2.21. The van der Waals surface area contributed by atoms with E-state index in [2.05, 4.69) is 0 Å². The minimum absolute atomic E-state index is 0.0703. The van der Waals surface area contributed by atoms with Crippen LogP contribution in [0.25, 0.3) is 0 Å². The SMILES string of the molecule is O=CCc1cccc(C(=O)OC2CCCCC2)c1. The van der Waals surface area contributed by atoms with Crippen LogP contribution in [0, 0.1) is 0 Å². The average molecular weight is 246 g/mol. The molecular weight excluding hydrogens is 228 g/mol. The Balaban J connectivity index is 1.98. The van der Waals surface area contributed by atoms with E-state index in [9.17, 15) is 9.59 Å². The van der Waals surface area contributed by atoms with Gasteiger partial charge in [-0.25, -0.2) is 4.79 Å². The number of carbonyl (C=O) groups excluding carboxylic acids is 2. The van der Waals surface area contributed by atoms with Crippen LogP contribution in [0.3, 0.4) is 0 Å². The van der Waals surface area contributed by atoms with Crippen LogP contribution in [0.2, 0.25) is 0 Å². The van der Waals surface area contributed by atoms with Crippen molar-refractivity contribution in [3.8, 4) is 0 Å². The summed E-state index contributed by atoms with van der Waals surface area (Å²) in [6, 6.07) is 7.10. The molecule has 1 aliphatic carbocycles. The first kappa shape index (κ1) is 12.8. The lowest BCUT2D eigenvalue weighted by Gasteiger charge is -2.21. The van der Waals surface area contributed by atoms with E-state index in [1.807, 2.05) is 6.07 Å². The number of hydrogen-bond acceptors (Lipinski definition) is 3. The summed E-state index contributed by atoms with van der Waals surface area (Å²) in [6.07, 6.45) is 6.71. The van der Waals surface area contributed by atoms with E-state index in [4.69, 9.17) is 4.74 Å². The van der Waals surface area contributed by atoms with Crippen molar-refractivity contribution in [1.82, 2.24) is 0 Å². The van der Waals surface area contributed by atoms with E-state index >= 15 is 0 Å². The van der Waals surface area contributed by atoms with Crippen LogP contribution >= 0.6 is 0 Å². The lowest BCUT2D eigenvalue weighted by atomic mass is 9.98. The van der Waals surface area contributed by atoms with Crippen molar-refractivity contribution >= 4 is 12.3 Å². The fraction of sp³-hybridized carbons (Fsp3) is 0.467. The summed E-state index contributed by atoms with van der Waals surface area (Å²) in [5.41, 5.74) is 1.39. The fourth-order valence-electron chi connectivity index (χ4n) is 2.32. The van der Waals surface area contributed by atoms with Crippen LogP contribution in [0.4, 0.5) is 0 Å². The van der Waals surface area contributed by atoms with Gasteiger partial charge in [0.2, 0.25) is 0 Å². The zero-order chi connectivity index (χ0) is 12.8. The van der Waals surface area contributed by atoms with Crippen LogP contribution in [-0.4, -0.2) is 18.4 Å². The lowest BCUT2D eigenvalue weighted by molar-refractivity contribution is -0.107. The number of esters is 1. The van der Waals surface area contributed by atoms with Gasteiger partial charge >= 0.3 is 5.97 Å². The van der Waals surface area contributed by atoms with E-state index < -0.39 is 0 Å². The summed E-state index contributed by atoms with van der Waals surface area (Å²) in [6.45, 7) is 0. The minimum atomic E-state index is -0.269. The van der Waals surface area contributed by atoms with Crippen molar-refractivity contribution in [3.05, 3.63) is 35.4 Å². The van der Waals surface area contributed by atoms with Crippen molar-refractivity contribution in [3.63, 3.8) is 0 Å². The van der Waals surface area contributed by atoms with Gasteiger partial charge in [0.25, 0.3) is 0 Å².